The molecule has 1 aromatic heterocycles. The van der Waals surface area contributed by atoms with Crippen molar-refractivity contribution >= 4 is 17.5 Å². The van der Waals surface area contributed by atoms with Gasteiger partial charge < -0.3 is 20.3 Å². The highest BCUT2D eigenvalue weighted by Crippen LogP contribution is 2.18. The van der Waals surface area contributed by atoms with E-state index in [4.69, 9.17) is 16.3 Å². The fraction of sp³-hybridized carbons (Fsp3) is 0.421. The topological polar surface area (TPSA) is 134 Å². The van der Waals surface area contributed by atoms with Gasteiger partial charge in [-0.3, -0.25) is 19.1 Å². The molecule has 10 heteroatoms. The summed E-state index contributed by atoms with van der Waals surface area (Å²) >= 11 is 6.05. The van der Waals surface area contributed by atoms with Crippen molar-refractivity contribution in [1.82, 2.24) is 14.9 Å². The van der Waals surface area contributed by atoms with Crippen LogP contribution >= 0.6 is 11.6 Å². The predicted octanol–water partition coefficient (Wildman–Crippen LogP) is -0.653. The number of ether oxygens (including phenoxy) is 1. The average molecular weight is 424 g/mol. The molecule has 0 unspecified atom stereocenters. The van der Waals surface area contributed by atoms with Gasteiger partial charge in [0.25, 0.3) is 5.56 Å². The second-order valence-electron chi connectivity index (χ2n) is 7.02. The first kappa shape index (κ1) is 21.3. The molecular formula is C19H22ClN3O6. The third-order valence-electron chi connectivity index (χ3n) is 4.85. The third-order valence-corrected chi connectivity index (χ3v) is 5.22. The second-order valence-corrected chi connectivity index (χ2v) is 7.43. The van der Waals surface area contributed by atoms with E-state index in [2.05, 4.69) is 10.3 Å². The number of nitrogens with zero attached hydrogens (tertiary/aromatic N) is 1. The lowest BCUT2D eigenvalue weighted by molar-refractivity contribution is -0.158. The van der Waals surface area contributed by atoms with E-state index in [9.17, 15) is 24.6 Å². The molecule has 0 spiro atoms. The molecule has 1 fully saturated rings. The number of benzene rings is 1. The molecule has 4 atom stereocenters. The van der Waals surface area contributed by atoms with E-state index in [1.165, 1.54) is 10.8 Å². The van der Waals surface area contributed by atoms with Gasteiger partial charge in [0.1, 0.15) is 18.3 Å². The number of aromatic amines is 1. The summed E-state index contributed by atoms with van der Waals surface area (Å²) in [4.78, 5) is 37.8. The van der Waals surface area contributed by atoms with Crippen LogP contribution in [0, 0.1) is 6.92 Å². The fourth-order valence-electron chi connectivity index (χ4n) is 3.19. The van der Waals surface area contributed by atoms with Crippen molar-refractivity contribution < 1.29 is 19.7 Å². The normalized spacial score (nSPS) is 24.3. The molecule has 4 N–H and O–H groups in total. The van der Waals surface area contributed by atoms with Crippen molar-refractivity contribution in [2.45, 2.75) is 44.2 Å². The number of carbonyl (C=O) groups excluding carboxylic acids is 1. The Labute approximate surface area is 170 Å². The minimum Gasteiger partial charge on any atom is -0.388 e. The first-order chi connectivity index (χ1) is 13.8. The number of nitrogens with one attached hydrogen (secondary N) is 2. The molecule has 0 saturated carbocycles. The van der Waals surface area contributed by atoms with Gasteiger partial charge in [0.2, 0.25) is 5.91 Å². The molecule has 9 nitrogen and oxygen atoms in total. The van der Waals surface area contributed by atoms with Gasteiger partial charge in [-0.1, -0.05) is 29.8 Å². The third kappa shape index (κ3) is 4.94. The van der Waals surface area contributed by atoms with Crippen LogP contribution in [0.5, 0.6) is 0 Å². The van der Waals surface area contributed by atoms with Crippen LogP contribution in [0.3, 0.4) is 0 Å². The lowest BCUT2D eigenvalue weighted by atomic mass is 9.97. The molecule has 1 aromatic carbocycles. The van der Waals surface area contributed by atoms with E-state index in [0.29, 0.717) is 16.1 Å². The number of aliphatic hydroxyl groups excluding tert-OH is 2. The Bertz CT molecular complexity index is 1000. The Morgan fingerprint density at radius 1 is 1.31 bits per heavy atom. The van der Waals surface area contributed by atoms with E-state index in [1.54, 1.807) is 31.2 Å². The van der Waals surface area contributed by atoms with E-state index in [0.717, 1.165) is 0 Å². The van der Waals surface area contributed by atoms with Gasteiger partial charge in [-0.25, -0.2) is 4.79 Å². The number of hydrogen-bond donors (Lipinski definition) is 4. The maximum Gasteiger partial charge on any atom is 0.328 e. The van der Waals surface area contributed by atoms with E-state index >= 15 is 0 Å². The number of amides is 1. The number of H-pyrrole nitrogens is 1. The quantitative estimate of drug-likeness (QED) is 0.505. The summed E-state index contributed by atoms with van der Waals surface area (Å²) in [6.07, 6.45) is -2.13. The average Bonchev–Trinajstić information content (AvgIpc) is 2.67. The van der Waals surface area contributed by atoms with Crippen LogP contribution in [0.2, 0.25) is 5.02 Å². The Kier molecular flexibility index (Phi) is 6.53. The molecule has 1 aliphatic rings. The van der Waals surface area contributed by atoms with Crippen molar-refractivity contribution in [1.29, 1.82) is 0 Å². The van der Waals surface area contributed by atoms with Crippen molar-refractivity contribution in [3.05, 3.63) is 67.4 Å². The number of aryl methyl sites for hydroxylation is 1. The molecular weight excluding hydrogens is 402 g/mol. The van der Waals surface area contributed by atoms with Gasteiger partial charge in [-0.15, -0.1) is 0 Å². The van der Waals surface area contributed by atoms with Crippen LogP contribution in [0.4, 0.5) is 0 Å². The lowest BCUT2D eigenvalue weighted by Crippen LogP contribution is -2.60. The number of hydrogen-bond acceptors (Lipinski definition) is 6. The summed E-state index contributed by atoms with van der Waals surface area (Å²) in [5, 5.41) is 23.9. The maximum absolute atomic E-state index is 12.3. The van der Waals surface area contributed by atoms with Crippen molar-refractivity contribution in [2.24, 2.45) is 0 Å². The Morgan fingerprint density at radius 3 is 2.76 bits per heavy atom. The minimum absolute atomic E-state index is 0.0223. The van der Waals surface area contributed by atoms with Crippen LogP contribution < -0.4 is 16.6 Å². The summed E-state index contributed by atoms with van der Waals surface area (Å²) < 4.78 is 6.78. The summed E-state index contributed by atoms with van der Waals surface area (Å²) in [6.45, 7) is 1.44. The molecule has 156 valence electrons. The largest absolute Gasteiger partial charge is 0.388 e. The highest BCUT2D eigenvalue weighted by atomic mass is 35.5. The minimum atomic E-state index is -1.34. The number of aromatic nitrogens is 2. The number of halogens is 1. The first-order valence-electron chi connectivity index (χ1n) is 9.07. The summed E-state index contributed by atoms with van der Waals surface area (Å²) in [5.74, 6) is -0.371. The molecule has 1 amide bonds. The van der Waals surface area contributed by atoms with Crippen LogP contribution in [0.15, 0.2) is 40.1 Å². The summed E-state index contributed by atoms with van der Waals surface area (Å²) in [5.41, 5.74) is -0.150. The molecule has 1 saturated heterocycles. The zero-order chi connectivity index (χ0) is 21.1. The van der Waals surface area contributed by atoms with Crippen LogP contribution in [0.1, 0.15) is 11.1 Å². The molecule has 1 aliphatic heterocycles. The lowest BCUT2D eigenvalue weighted by Gasteiger charge is -2.38. The van der Waals surface area contributed by atoms with Crippen LogP contribution in [-0.4, -0.2) is 56.6 Å². The van der Waals surface area contributed by atoms with Gasteiger partial charge in [0, 0.05) is 16.8 Å². The van der Waals surface area contributed by atoms with Gasteiger partial charge in [-0.2, -0.15) is 0 Å². The van der Waals surface area contributed by atoms with E-state index in [1.807, 2.05) is 0 Å². The Balaban J connectivity index is 1.62. The van der Waals surface area contributed by atoms with Gasteiger partial charge in [-0.05, 0) is 18.6 Å². The predicted molar refractivity (Wildman–Crippen MR) is 105 cm³/mol. The van der Waals surface area contributed by atoms with Crippen LogP contribution in [-0.2, 0) is 22.5 Å². The summed E-state index contributed by atoms with van der Waals surface area (Å²) in [6, 6.07) is 6.11. The molecule has 0 bridgehead atoms. The van der Waals surface area contributed by atoms with E-state index in [-0.39, 0.29) is 25.5 Å². The van der Waals surface area contributed by atoms with Gasteiger partial charge in [0.05, 0.1) is 25.6 Å². The van der Waals surface area contributed by atoms with Crippen molar-refractivity contribution in [3.8, 4) is 0 Å². The SMILES string of the molecule is Cc1cn(C[C@H]2OC[C@@H](NC(=O)Cc3ccccc3Cl)[C@H](O)[C@@H]2O)c(=O)[nH]c1=O. The van der Waals surface area contributed by atoms with E-state index < -0.39 is 35.6 Å². The molecule has 29 heavy (non-hydrogen) atoms. The molecule has 2 aromatic rings. The summed E-state index contributed by atoms with van der Waals surface area (Å²) in [7, 11) is 0. The number of rotatable bonds is 5. The standard InChI is InChI=1S/C19H22ClN3O6/c1-10-7-23(19(28)22-18(10)27)8-14-17(26)16(25)13(9-29-14)21-15(24)6-11-4-2-3-5-12(11)20/h2-5,7,13-14,16-17,25-26H,6,8-9H2,1H3,(H,21,24)(H,22,27,28)/t13-,14-,16+,17-/m1/s1. The Hall–Kier alpha value is -2.46. The second kappa shape index (κ2) is 8.91. The van der Waals surface area contributed by atoms with Crippen molar-refractivity contribution in [3.63, 3.8) is 0 Å². The number of aliphatic hydroxyl groups is 2. The van der Waals surface area contributed by atoms with Gasteiger partial charge in [0.15, 0.2) is 0 Å². The van der Waals surface area contributed by atoms with Crippen LogP contribution in [0.25, 0.3) is 0 Å². The smallest absolute Gasteiger partial charge is 0.328 e. The molecule has 0 aliphatic carbocycles. The fourth-order valence-corrected chi connectivity index (χ4v) is 3.39. The maximum atomic E-state index is 12.3. The zero-order valence-corrected chi connectivity index (χ0v) is 16.4. The monoisotopic (exact) mass is 423 g/mol. The van der Waals surface area contributed by atoms with Crippen molar-refractivity contribution in [2.75, 3.05) is 6.61 Å². The molecule has 0 radical (unpaired) electrons. The van der Waals surface area contributed by atoms with Gasteiger partial charge >= 0.3 is 5.69 Å². The number of carbonyl (C=O) groups is 1. The Morgan fingerprint density at radius 2 is 2.03 bits per heavy atom. The highest BCUT2D eigenvalue weighted by Gasteiger charge is 2.39. The highest BCUT2D eigenvalue weighted by molar-refractivity contribution is 6.31. The molecule has 3 rings (SSSR count). The molecule has 2 heterocycles. The zero-order valence-electron chi connectivity index (χ0n) is 15.7. The first-order valence-corrected chi connectivity index (χ1v) is 9.45.